The SMILES string of the molecule is CC1CN2CCCC2CN1C(C)C(=O)c1ccc(F)cc1. The van der Waals surface area contributed by atoms with Crippen LogP contribution in [0, 0.1) is 5.82 Å². The zero-order valence-corrected chi connectivity index (χ0v) is 12.8. The summed E-state index contributed by atoms with van der Waals surface area (Å²) >= 11 is 0. The Hall–Kier alpha value is -1.26. The molecule has 114 valence electrons. The third-order valence-electron chi connectivity index (χ3n) is 4.99. The Morgan fingerprint density at radius 1 is 1.29 bits per heavy atom. The van der Waals surface area contributed by atoms with Gasteiger partial charge < -0.3 is 0 Å². The first-order chi connectivity index (χ1) is 10.1. The van der Waals surface area contributed by atoms with Crippen molar-refractivity contribution < 1.29 is 9.18 Å². The highest BCUT2D eigenvalue weighted by Gasteiger charge is 2.37. The molecule has 0 bridgehead atoms. The number of carbonyl (C=O) groups excluding carboxylic acids is 1. The number of piperazine rings is 1. The predicted molar refractivity (Wildman–Crippen MR) is 81.0 cm³/mol. The van der Waals surface area contributed by atoms with E-state index in [1.54, 1.807) is 12.1 Å². The second-order valence-electron chi connectivity index (χ2n) is 6.38. The van der Waals surface area contributed by atoms with Crippen molar-refractivity contribution in [2.45, 2.75) is 44.8 Å². The van der Waals surface area contributed by atoms with Gasteiger partial charge in [-0.2, -0.15) is 0 Å². The number of hydrogen-bond donors (Lipinski definition) is 0. The number of fused-ring (bicyclic) bond motifs is 1. The summed E-state index contributed by atoms with van der Waals surface area (Å²) in [6.07, 6.45) is 2.51. The molecule has 21 heavy (non-hydrogen) atoms. The lowest BCUT2D eigenvalue weighted by Crippen LogP contribution is -2.58. The highest BCUT2D eigenvalue weighted by Crippen LogP contribution is 2.26. The molecule has 0 amide bonds. The van der Waals surface area contributed by atoms with Crippen molar-refractivity contribution in [2.75, 3.05) is 19.6 Å². The van der Waals surface area contributed by atoms with E-state index in [1.807, 2.05) is 6.92 Å². The van der Waals surface area contributed by atoms with Crippen LogP contribution in [0.1, 0.15) is 37.0 Å². The summed E-state index contributed by atoms with van der Waals surface area (Å²) in [6, 6.07) is 6.74. The molecule has 1 aromatic carbocycles. The molecule has 0 N–H and O–H groups in total. The minimum Gasteiger partial charge on any atom is -0.298 e. The van der Waals surface area contributed by atoms with E-state index < -0.39 is 0 Å². The molecule has 0 saturated carbocycles. The Kier molecular flexibility index (Phi) is 4.09. The molecule has 2 fully saturated rings. The van der Waals surface area contributed by atoms with Gasteiger partial charge >= 0.3 is 0 Å². The molecule has 4 heteroatoms. The normalized spacial score (nSPS) is 28.3. The van der Waals surface area contributed by atoms with E-state index in [0.717, 1.165) is 13.1 Å². The molecule has 0 aliphatic carbocycles. The van der Waals surface area contributed by atoms with Crippen LogP contribution in [-0.4, -0.2) is 53.3 Å². The van der Waals surface area contributed by atoms with Gasteiger partial charge in [-0.15, -0.1) is 0 Å². The van der Waals surface area contributed by atoms with Gasteiger partial charge in [0.25, 0.3) is 0 Å². The van der Waals surface area contributed by atoms with Gasteiger partial charge in [-0.1, -0.05) is 0 Å². The quantitative estimate of drug-likeness (QED) is 0.799. The van der Waals surface area contributed by atoms with Gasteiger partial charge in [-0.25, -0.2) is 4.39 Å². The predicted octanol–water partition coefficient (Wildman–Crippen LogP) is 2.57. The Balaban J connectivity index is 1.73. The monoisotopic (exact) mass is 290 g/mol. The maximum absolute atomic E-state index is 13.0. The van der Waals surface area contributed by atoms with Crippen molar-refractivity contribution in [2.24, 2.45) is 0 Å². The van der Waals surface area contributed by atoms with Gasteiger partial charge in [-0.3, -0.25) is 14.6 Å². The first kappa shape index (κ1) is 14.7. The number of halogens is 1. The first-order valence-electron chi connectivity index (χ1n) is 7.86. The fourth-order valence-corrected chi connectivity index (χ4v) is 3.76. The van der Waals surface area contributed by atoms with E-state index in [0.29, 0.717) is 17.6 Å². The smallest absolute Gasteiger partial charge is 0.179 e. The molecule has 1 aromatic rings. The van der Waals surface area contributed by atoms with Crippen LogP contribution < -0.4 is 0 Å². The third-order valence-corrected chi connectivity index (χ3v) is 4.99. The molecule has 2 aliphatic heterocycles. The first-order valence-corrected chi connectivity index (χ1v) is 7.86. The largest absolute Gasteiger partial charge is 0.298 e. The Morgan fingerprint density at radius 2 is 2.00 bits per heavy atom. The van der Waals surface area contributed by atoms with E-state index >= 15 is 0 Å². The van der Waals surface area contributed by atoms with Gasteiger partial charge in [0.2, 0.25) is 0 Å². The molecule has 3 atom stereocenters. The number of benzene rings is 1. The van der Waals surface area contributed by atoms with E-state index in [1.165, 1.54) is 31.5 Å². The maximum Gasteiger partial charge on any atom is 0.179 e. The Labute approximate surface area is 125 Å². The number of nitrogens with zero attached hydrogens (tertiary/aromatic N) is 2. The van der Waals surface area contributed by atoms with E-state index in [4.69, 9.17) is 0 Å². The van der Waals surface area contributed by atoms with Crippen LogP contribution in [0.25, 0.3) is 0 Å². The van der Waals surface area contributed by atoms with E-state index in [9.17, 15) is 9.18 Å². The zero-order chi connectivity index (χ0) is 15.0. The van der Waals surface area contributed by atoms with Crippen molar-refractivity contribution >= 4 is 5.78 Å². The lowest BCUT2D eigenvalue weighted by atomic mass is 9.99. The molecule has 2 saturated heterocycles. The summed E-state index contributed by atoms with van der Waals surface area (Å²) in [5, 5.41) is 0. The summed E-state index contributed by atoms with van der Waals surface area (Å²) in [5.41, 5.74) is 0.602. The van der Waals surface area contributed by atoms with Crippen LogP contribution in [0.3, 0.4) is 0 Å². The number of hydrogen-bond acceptors (Lipinski definition) is 3. The van der Waals surface area contributed by atoms with Crippen molar-refractivity contribution in [3.63, 3.8) is 0 Å². The summed E-state index contributed by atoms with van der Waals surface area (Å²) in [6.45, 7) is 7.39. The molecular formula is C17H23FN2O. The van der Waals surface area contributed by atoms with Crippen LogP contribution in [0.15, 0.2) is 24.3 Å². The minimum absolute atomic E-state index is 0.0910. The van der Waals surface area contributed by atoms with Crippen LogP contribution >= 0.6 is 0 Å². The van der Waals surface area contributed by atoms with Gasteiger partial charge in [0.1, 0.15) is 5.82 Å². The fourth-order valence-electron chi connectivity index (χ4n) is 3.76. The third kappa shape index (κ3) is 2.87. The van der Waals surface area contributed by atoms with Crippen LogP contribution in [0.2, 0.25) is 0 Å². The van der Waals surface area contributed by atoms with Crippen LogP contribution in [-0.2, 0) is 0 Å². The molecule has 0 radical (unpaired) electrons. The lowest BCUT2D eigenvalue weighted by molar-refractivity contribution is 0.0311. The van der Waals surface area contributed by atoms with Crippen LogP contribution in [0.4, 0.5) is 4.39 Å². The second kappa shape index (κ2) is 5.85. The van der Waals surface area contributed by atoms with Crippen molar-refractivity contribution in [3.8, 4) is 0 Å². The van der Waals surface area contributed by atoms with Crippen molar-refractivity contribution in [3.05, 3.63) is 35.6 Å². The summed E-state index contributed by atoms with van der Waals surface area (Å²) in [7, 11) is 0. The zero-order valence-electron chi connectivity index (χ0n) is 12.8. The number of rotatable bonds is 3. The summed E-state index contributed by atoms with van der Waals surface area (Å²) < 4.78 is 13.0. The van der Waals surface area contributed by atoms with Crippen molar-refractivity contribution in [1.82, 2.24) is 9.80 Å². The Morgan fingerprint density at radius 3 is 2.71 bits per heavy atom. The fraction of sp³-hybridized carbons (Fsp3) is 0.588. The molecule has 3 unspecified atom stereocenters. The van der Waals surface area contributed by atoms with Crippen molar-refractivity contribution in [1.29, 1.82) is 0 Å². The highest BCUT2D eigenvalue weighted by molar-refractivity contribution is 5.99. The van der Waals surface area contributed by atoms with Gasteiger partial charge in [0.15, 0.2) is 5.78 Å². The maximum atomic E-state index is 13.0. The van der Waals surface area contributed by atoms with E-state index in [2.05, 4.69) is 16.7 Å². The topological polar surface area (TPSA) is 23.6 Å². The number of carbonyl (C=O) groups is 1. The molecule has 0 aromatic heterocycles. The minimum atomic E-state index is -0.299. The van der Waals surface area contributed by atoms with E-state index in [-0.39, 0.29) is 17.6 Å². The van der Waals surface area contributed by atoms with Crippen LogP contribution in [0.5, 0.6) is 0 Å². The second-order valence-corrected chi connectivity index (χ2v) is 6.38. The average Bonchev–Trinajstić information content (AvgIpc) is 2.93. The average molecular weight is 290 g/mol. The van der Waals surface area contributed by atoms with Gasteiger partial charge in [0, 0.05) is 30.7 Å². The molecule has 3 nitrogen and oxygen atoms in total. The van der Waals surface area contributed by atoms with Gasteiger partial charge in [0.05, 0.1) is 6.04 Å². The Bertz CT molecular complexity index is 516. The molecule has 3 rings (SSSR count). The number of Topliss-reactive ketones (excluding diaryl/α,β-unsaturated/α-hetero) is 1. The summed E-state index contributed by atoms with van der Waals surface area (Å²) in [4.78, 5) is 17.5. The van der Waals surface area contributed by atoms with Gasteiger partial charge in [-0.05, 0) is 57.5 Å². The molecule has 2 aliphatic rings. The molecule has 0 spiro atoms. The standard InChI is InChI=1S/C17H23FN2O/c1-12-10-19-9-3-4-16(19)11-20(12)13(2)17(21)14-5-7-15(18)8-6-14/h5-8,12-13,16H,3-4,9-11H2,1-2H3. The highest BCUT2D eigenvalue weighted by atomic mass is 19.1. The summed E-state index contributed by atoms with van der Waals surface area (Å²) in [5.74, 6) is -0.208. The lowest BCUT2D eigenvalue weighted by Gasteiger charge is -2.44. The number of ketones is 1. The molecule has 2 heterocycles. The molecular weight excluding hydrogens is 267 g/mol.